The van der Waals surface area contributed by atoms with Crippen LogP contribution in [0.4, 0.5) is 0 Å². The topological polar surface area (TPSA) is 64.4 Å². The van der Waals surface area contributed by atoms with Gasteiger partial charge in [0.2, 0.25) is 0 Å². The van der Waals surface area contributed by atoms with Gasteiger partial charge in [0.25, 0.3) is 0 Å². The van der Waals surface area contributed by atoms with Crippen LogP contribution in [0.1, 0.15) is 17.9 Å². The molecule has 1 saturated carbocycles. The van der Waals surface area contributed by atoms with Crippen molar-refractivity contribution in [1.82, 2.24) is 0 Å². The molecule has 3 heteroatoms. The van der Waals surface area contributed by atoms with Crippen LogP contribution in [0.3, 0.4) is 0 Å². The van der Waals surface area contributed by atoms with Crippen molar-refractivity contribution in [2.45, 2.75) is 18.4 Å². The maximum atomic E-state index is 5.30. The first kappa shape index (κ1) is 8.10. The standard InChI is InChI=1S/C10H13N3/c11-10(12)13-9-6-8(9)7-4-2-1-3-5-7/h1-5,8-9H,6H2,(H4,11,12,13)/t8-,9+/m0/s1. The minimum Gasteiger partial charge on any atom is -0.370 e. The van der Waals surface area contributed by atoms with Crippen LogP contribution in [-0.4, -0.2) is 12.0 Å². The molecule has 2 rings (SSSR count). The third-order valence-corrected chi connectivity index (χ3v) is 2.30. The van der Waals surface area contributed by atoms with Gasteiger partial charge >= 0.3 is 0 Å². The Bertz CT molecular complexity index is 314. The second kappa shape index (κ2) is 3.09. The molecule has 0 aromatic heterocycles. The molecule has 3 nitrogen and oxygen atoms in total. The SMILES string of the molecule is NC(N)=N[C@@H]1C[C@H]1c1ccccc1. The second-order valence-electron chi connectivity index (χ2n) is 3.37. The van der Waals surface area contributed by atoms with Gasteiger partial charge in [0.15, 0.2) is 5.96 Å². The van der Waals surface area contributed by atoms with Crippen molar-refractivity contribution in [1.29, 1.82) is 0 Å². The van der Waals surface area contributed by atoms with Gasteiger partial charge in [-0.05, 0) is 12.0 Å². The van der Waals surface area contributed by atoms with Crippen LogP contribution in [0.2, 0.25) is 0 Å². The van der Waals surface area contributed by atoms with Crippen LogP contribution < -0.4 is 11.5 Å². The van der Waals surface area contributed by atoms with E-state index in [0.29, 0.717) is 12.0 Å². The minimum atomic E-state index is 0.198. The summed E-state index contributed by atoms with van der Waals surface area (Å²) < 4.78 is 0. The molecule has 0 unspecified atom stereocenters. The van der Waals surface area contributed by atoms with Gasteiger partial charge in [-0.1, -0.05) is 30.3 Å². The summed E-state index contributed by atoms with van der Waals surface area (Å²) in [7, 11) is 0. The van der Waals surface area contributed by atoms with Gasteiger partial charge < -0.3 is 11.5 Å². The lowest BCUT2D eigenvalue weighted by Crippen LogP contribution is -2.23. The van der Waals surface area contributed by atoms with Crippen LogP contribution in [0.5, 0.6) is 0 Å². The van der Waals surface area contributed by atoms with E-state index in [9.17, 15) is 0 Å². The van der Waals surface area contributed by atoms with Crippen molar-refractivity contribution in [3.8, 4) is 0 Å². The Balaban J connectivity index is 2.05. The fraction of sp³-hybridized carbons (Fsp3) is 0.300. The number of benzene rings is 1. The zero-order valence-electron chi connectivity index (χ0n) is 7.35. The van der Waals surface area contributed by atoms with E-state index in [0.717, 1.165) is 6.42 Å². The van der Waals surface area contributed by atoms with E-state index in [1.54, 1.807) is 0 Å². The van der Waals surface area contributed by atoms with Crippen molar-refractivity contribution in [3.05, 3.63) is 35.9 Å². The number of hydrogen-bond acceptors (Lipinski definition) is 1. The van der Waals surface area contributed by atoms with Crippen molar-refractivity contribution < 1.29 is 0 Å². The lowest BCUT2D eigenvalue weighted by Gasteiger charge is -1.96. The van der Waals surface area contributed by atoms with Crippen LogP contribution >= 0.6 is 0 Å². The highest BCUT2D eigenvalue weighted by molar-refractivity contribution is 5.76. The van der Waals surface area contributed by atoms with Gasteiger partial charge in [0.1, 0.15) is 0 Å². The molecule has 0 radical (unpaired) electrons. The molecule has 0 aliphatic heterocycles. The van der Waals surface area contributed by atoms with E-state index < -0.39 is 0 Å². The predicted octanol–water partition coefficient (Wildman–Crippen LogP) is 0.816. The number of aliphatic imine (C=N–C) groups is 1. The monoisotopic (exact) mass is 175 g/mol. The van der Waals surface area contributed by atoms with E-state index in [-0.39, 0.29) is 5.96 Å². The molecule has 0 spiro atoms. The molecule has 1 fully saturated rings. The molecule has 68 valence electrons. The summed E-state index contributed by atoms with van der Waals surface area (Å²) in [5.41, 5.74) is 11.9. The van der Waals surface area contributed by atoms with E-state index in [4.69, 9.17) is 11.5 Å². The normalized spacial score (nSPS) is 25.2. The Hall–Kier alpha value is -1.51. The third-order valence-electron chi connectivity index (χ3n) is 2.30. The van der Waals surface area contributed by atoms with Crippen molar-refractivity contribution in [3.63, 3.8) is 0 Å². The summed E-state index contributed by atoms with van der Waals surface area (Å²) in [6, 6.07) is 10.6. The van der Waals surface area contributed by atoms with Crippen molar-refractivity contribution in [2.24, 2.45) is 16.5 Å². The molecule has 0 saturated heterocycles. The molecule has 1 aliphatic carbocycles. The van der Waals surface area contributed by atoms with E-state index >= 15 is 0 Å². The van der Waals surface area contributed by atoms with Crippen LogP contribution in [0.15, 0.2) is 35.3 Å². The highest BCUT2D eigenvalue weighted by Gasteiger charge is 2.38. The largest absolute Gasteiger partial charge is 0.370 e. The number of nitrogens with zero attached hydrogens (tertiary/aromatic N) is 1. The molecule has 1 aliphatic rings. The lowest BCUT2D eigenvalue weighted by atomic mass is 10.1. The molecular weight excluding hydrogens is 162 g/mol. The molecule has 13 heavy (non-hydrogen) atoms. The van der Waals surface area contributed by atoms with Crippen LogP contribution in [0.25, 0.3) is 0 Å². The zero-order chi connectivity index (χ0) is 9.26. The zero-order valence-corrected chi connectivity index (χ0v) is 7.35. The summed E-state index contributed by atoms with van der Waals surface area (Å²) in [6.45, 7) is 0. The number of nitrogens with two attached hydrogens (primary N) is 2. The molecule has 4 N–H and O–H groups in total. The molecule has 2 atom stereocenters. The Morgan fingerprint density at radius 1 is 1.23 bits per heavy atom. The summed E-state index contributed by atoms with van der Waals surface area (Å²) in [4.78, 5) is 4.12. The highest BCUT2D eigenvalue weighted by atomic mass is 15.0. The van der Waals surface area contributed by atoms with E-state index in [1.807, 2.05) is 18.2 Å². The van der Waals surface area contributed by atoms with Gasteiger partial charge in [-0.25, -0.2) is 4.99 Å². The molecular formula is C10H13N3. The minimum absolute atomic E-state index is 0.198. The van der Waals surface area contributed by atoms with Gasteiger partial charge in [0, 0.05) is 5.92 Å². The quantitative estimate of drug-likeness (QED) is 0.516. The van der Waals surface area contributed by atoms with Gasteiger partial charge in [-0.2, -0.15) is 0 Å². The van der Waals surface area contributed by atoms with Gasteiger partial charge in [0.05, 0.1) is 6.04 Å². The third kappa shape index (κ3) is 1.80. The molecule has 0 heterocycles. The Kier molecular flexibility index (Phi) is 1.93. The lowest BCUT2D eigenvalue weighted by molar-refractivity contribution is 0.982. The number of guanidine groups is 1. The first-order valence-electron chi connectivity index (χ1n) is 4.41. The summed E-state index contributed by atoms with van der Waals surface area (Å²) in [6.07, 6.45) is 1.07. The van der Waals surface area contributed by atoms with Gasteiger partial charge in [-0.15, -0.1) is 0 Å². The highest BCUT2D eigenvalue weighted by Crippen LogP contribution is 2.43. The Morgan fingerprint density at radius 2 is 1.92 bits per heavy atom. The Labute approximate surface area is 77.5 Å². The summed E-state index contributed by atoms with van der Waals surface area (Å²) >= 11 is 0. The maximum absolute atomic E-state index is 5.30. The maximum Gasteiger partial charge on any atom is 0.186 e. The van der Waals surface area contributed by atoms with Crippen molar-refractivity contribution >= 4 is 5.96 Å². The molecule has 0 amide bonds. The fourth-order valence-corrected chi connectivity index (χ4v) is 1.57. The molecule has 1 aromatic carbocycles. The molecule has 0 bridgehead atoms. The predicted molar refractivity (Wildman–Crippen MR) is 53.4 cm³/mol. The fourth-order valence-electron chi connectivity index (χ4n) is 1.57. The second-order valence-corrected chi connectivity index (χ2v) is 3.37. The average molecular weight is 175 g/mol. The first-order valence-corrected chi connectivity index (χ1v) is 4.41. The van der Waals surface area contributed by atoms with Crippen LogP contribution in [-0.2, 0) is 0 Å². The first-order chi connectivity index (χ1) is 6.27. The number of hydrogen-bond donors (Lipinski definition) is 2. The average Bonchev–Trinajstić information content (AvgIpc) is 2.84. The molecule has 1 aromatic rings. The van der Waals surface area contributed by atoms with Crippen molar-refractivity contribution in [2.75, 3.05) is 0 Å². The van der Waals surface area contributed by atoms with E-state index in [1.165, 1.54) is 5.56 Å². The summed E-state index contributed by atoms with van der Waals surface area (Å²) in [5.74, 6) is 0.728. The smallest absolute Gasteiger partial charge is 0.186 e. The summed E-state index contributed by atoms with van der Waals surface area (Å²) in [5, 5.41) is 0. The van der Waals surface area contributed by atoms with Crippen LogP contribution in [0, 0.1) is 0 Å². The Morgan fingerprint density at radius 3 is 2.54 bits per heavy atom. The van der Waals surface area contributed by atoms with E-state index in [2.05, 4.69) is 17.1 Å². The van der Waals surface area contributed by atoms with Gasteiger partial charge in [-0.3, -0.25) is 0 Å². The number of rotatable bonds is 2.